The van der Waals surface area contributed by atoms with Crippen LogP contribution in [0.15, 0.2) is 34.9 Å². The molecule has 1 aromatic heterocycles. The van der Waals surface area contributed by atoms with Crippen molar-refractivity contribution in [1.82, 2.24) is 15.2 Å². The maximum atomic E-state index is 12.4. The van der Waals surface area contributed by atoms with Gasteiger partial charge in [-0.05, 0) is 36.6 Å². The number of carbonyl (C=O) groups is 2. The number of ether oxygens (including phenoxy) is 1. The summed E-state index contributed by atoms with van der Waals surface area (Å²) < 4.78 is 10.6. The number of nitrogens with one attached hydrogen (secondary N) is 1. The number of benzene rings is 1. The molecule has 1 aliphatic rings. The van der Waals surface area contributed by atoms with Crippen LogP contribution in [0.25, 0.3) is 11.5 Å². The number of urea groups is 1. The third-order valence-corrected chi connectivity index (χ3v) is 4.02. The van der Waals surface area contributed by atoms with Crippen molar-refractivity contribution in [2.45, 2.75) is 32.9 Å². The summed E-state index contributed by atoms with van der Waals surface area (Å²) in [7, 11) is 1.60. The second-order valence-corrected chi connectivity index (χ2v) is 6.43. The Balaban J connectivity index is 1.70. The van der Waals surface area contributed by atoms with Crippen LogP contribution in [0.4, 0.5) is 4.79 Å². The minimum Gasteiger partial charge on any atom is -0.497 e. The number of rotatable bonds is 6. The van der Waals surface area contributed by atoms with Crippen molar-refractivity contribution in [3.05, 3.63) is 36.2 Å². The van der Waals surface area contributed by atoms with E-state index < -0.39 is 6.04 Å². The highest BCUT2D eigenvalue weighted by Crippen LogP contribution is 2.23. The monoisotopic (exact) mass is 343 g/mol. The van der Waals surface area contributed by atoms with E-state index >= 15 is 0 Å². The summed E-state index contributed by atoms with van der Waals surface area (Å²) in [6.07, 6.45) is 2.09. The first-order valence-corrected chi connectivity index (χ1v) is 8.18. The van der Waals surface area contributed by atoms with Gasteiger partial charge in [-0.1, -0.05) is 13.8 Å². The van der Waals surface area contributed by atoms with Gasteiger partial charge in [0.1, 0.15) is 18.1 Å². The highest BCUT2D eigenvalue weighted by molar-refractivity contribution is 6.04. The van der Waals surface area contributed by atoms with Crippen LogP contribution in [-0.4, -0.2) is 35.0 Å². The molecule has 0 saturated carbocycles. The molecule has 7 nitrogen and oxygen atoms in total. The lowest BCUT2D eigenvalue weighted by Crippen LogP contribution is -2.31. The van der Waals surface area contributed by atoms with Gasteiger partial charge in [-0.3, -0.25) is 9.69 Å². The van der Waals surface area contributed by atoms with Gasteiger partial charge in [0, 0.05) is 5.56 Å². The van der Waals surface area contributed by atoms with Crippen molar-refractivity contribution >= 4 is 11.9 Å². The van der Waals surface area contributed by atoms with Crippen LogP contribution in [0, 0.1) is 5.92 Å². The van der Waals surface area contributed by atoms with E-state index in [0.717, 1.165) is 11.3 Å². The lowest BCUT2D eigenvalue weighted by molar-refractivity contribution is -0.128. The number of carbonyl (C=O) groups excluding carboxylic acids is 2. The number of aromatic nitrogens is 1. The quantitative estimate of drug-likeness (QED) is 0.815. The third kappa shape index (κ3) is 3.65. The minimum atomic E-state index is -0.458. The van der Waals surface area contributed by atoms with E-state index in [-0.39, 0.29) is 18.5 Å². The zero-order valence-electron chi connectivity index (χ0n) is 14.5. The van der Waals surface area contributed by atoms with E-state index in [4.69, 9.17) is 9.15 Å². The molecule has 1 aliphatic heterocycles. The SMILES string of the molecule is COc1ccc(-c2nc(CN3C(=O)NC(CC(C)C)C3=O)co2)cc1. The van der Waals surface area contributed by atoms with Gasteiger partial charge in [0.2, 0.25) is 5.89 Å². The molecule has 3 rings (SSSR count). The largest absolute Gasteiger partial charge is 0.497 e. The Kier molecular flexibility index (Phi) is 4.74. The summed E-state index contributed by atoms with van der Waals surface area (Å²) in [5.41, 5.74) is 1.32. The van der Waals surface area contributed by atoms with Crippen molar-refractivity contribution in [2.75, 3.05) is 7.11 Å². The number of imide groups is 1. The molecule has 25 heavy (non-hydrogen) atoms. The summed E-state index contributed by atoms with van der Waals surface area (Å²) >= 11 is 0. The predicted molar refractivity (Wildman–Crippen MR) is 90.8 cm³/mol. The maximum absolute atomic E-state index is 12.4. The molecule has 3 amide bonds. The number of hydrogen-bond donors (Lipinski definition) is 1. The molecule has 0 spiro atoms. The second-order valence-electron chi connectivity index (χ2n) is 6.43. The fourth-order valence-electron chi connectivity index (χ4n) is 2.77. The van der Waals surface area contributed by atoms with E-state index in [2.05, 4.69) is 10.3 Å². The smallest absolute Gasteiger partial charge is 0.325 e. The molecule has 0 aliphatic carbocycles. The molecule has 1 fully saturated rings. The molecule has 1 N–H and O–H groups in total. The van der Waals surface area contributed by atoms with Gasteiger partial charge in [-0.2, -0.15) is 0 Å². The lowest BCUT2D eigenvalue weighted by atomic mass is 10.0. The van der Waals surface area contributed by atoms with Gasteiger partial charge in [-0.25, -0.2) is 9.78 Å². The van der Waals surface area contributed by atoms with Crippen LogP contribution in [-0.2, 0) is 11.3 Å². The first kappa shape index (κ1) is 17.0. The Morgan fingerprint density at radius 1 is 1.28 bits per heavy atom. The fraction of sp³-hybridized carbons (Fsp3) is 0.389. The van der Waals surface area contributed by atoms with E-state index in [9.17, 15) is 9.59 Å². The fourth-order valence-corrected chi connectivity index (χ4v) is 2.77. The Labute approximate surface area is 146 Å². The van der Waals surface area contributed by atoms with Gasteiger partial charge in [0.15, 0.2) is 0 Å². The number of methoxy groups -OCH3 is 1. The van der Waals surface area contributed by atoms with E-state index in [1.54, 1.807) is 7.11 Å². The van der Waals surface area contributed by atoms with Crippen LogP contribution in [0.5, 0.6) is 5.75 Å². The topological polar surface area (TPSA) is 84.7 Å². The molecule has 0 radical (unpaired) electrons. The highest BCUT2D eigenvalue weighted by atomic mass is 16.5. The molecule has 2 heterocycles. The van der Waals surface area contributed by atoms with Crippen LogP contribution < -0.4 is 10.1 Å². The molecule has 1 atom stereocenters. The third-order valence-electron chi connectivity index (χ3n) is 4.02. The summed E-state index contributed by atoms with van der Waals surface area (Å²) in [5, 5.41) is 2.72. The Hall–Kier alpha value is -2.83. The summed E-state index contributed by atoms with van der Waals surface area (Å²) in [6.45, 7) is 4.13. The van der Waals surface area contributed by atoms with Crippen LogP contribution >= 0.6 is 0 Å². The van der Waals surface area contributed by atoms with Crippen LogP contribution in [0.3, 0.4) is 0 Å². The average Bonchev–Trinajstić information content (AvgIpc) is 3.15. The molecule has 1 unspecified atom stereocenters. The van der Waals surface area contributed by atoms with Crippen molar-refractivity contribution in [2.24, 2.45) is 5.92 Å². The second kappa shape index (κ2) is 6.96. The molecular formula is C18H21N3O4. The average molecular weight is 343 g/mol. The zero-order chi connectivity index (χ0) is 18.0. The predicted octanol–water partition coefficient (Wildman–Crippen LogP) is 2.82. The van der Waals surface area contributed by atoms with Crippen LogP contribution in [0.2, 0.25) is 0 Å². The molecule has 132 valence electrons. The summed E-state index contributed by atoms with van der Waals surface area (Å²) in [5.74, 6) is 1.28. The van der Waals surface area contributed by atoms with Gasteiger partial charge in [-0.15, -0.1) is 0 Å². The first-order chi connectivity index (χ1) is 12.0. The Morgan fingerprint density at radius 3 is 2.64 bits per heavy atom. The Morgan fingerprint density at radius 2 is 2.00 bits per heavy atom. The van der Waals surface area contributed by atoms with Crippen molar-refractivity contribution in [3.63, 3.8) is 0 Å². The normalized spacial score (nSPS) is 17.3. The molecule has 0 bridgehead atoms. The number of hydrogen-bond acceptors (Lipinski definition) is 5. The molecule has 2 aromatic rings. The maximum Gasteiger partial charge on any atom is 0.325 e. The highest BCUT2D eigenvalue weighted by Gasteiger charge is 2.38. The number of oxazole rings is 1. The zero-order valence-corrected chi connectivity index (χ0v) is 14.5. The minimum absolute atomic E-state index is 0.0961. The summed E-state index contributed by atoms with van der Waals surface area (Å²) in [4.78, 5) is 30.0. The van der Waals surface area contributed by atoms with Gasteiger partial charge in [0.25, 0.3) is 5.91 Å². The standard InChI is InChI=1S/C18H21N3O4/c1-11(2)8-15-17(22)21(18(23)20-15)9-13-10-25-16(19-13)12-4-6-14(24-3)7-5-12/h4-7,10-11,15H,8-9H2,1-3H3,(H,20,23). The van der Waals surface area contributed by atoms with E-state index in [0.29, 0.717) is 23.9 Å². The summed E-state index contributed by atoms with van der Waals surface area (Å²) in [6, 6.07) is 6.45. The van der Waals surface area contributed by atoms with E-state index in [1.165, 1.54) is 11.2 Å². The van der Waals surface area contributed by atoms with Crippen molar-refractivity contribution in [3.8, 4) is 17.2 Å². The Bertz CT molecular complexity index is 767. The first-order valence-electron chi connectivity index (χ1n) is 8.18. The van der Waals surface area contributed by atoms with E-state index in [1.807, 2.05) is 38.1 Å². The molecule has 1 saturated heterocycles. The lowest BCUT2D eigenvalue weighted by Gasteiger charge is -2.12. The van der Waals surface area contributed by atoms with Gasteiger partial charge < -0.3 is 14.5 Å². The van der Waals surface area contributed by atoms with Crippen molar-refractivity contribution in [1.29, 1.82) is 0 Å². The number of nitrogens with zero attached hydrogens (tertiary/aromatic N) is 2. The molecular weight excluding hydrogens is 322 g/mol. The van der Waals surface area contributed by atoms with Crippen LogP contribution in [0.1, 0.15) is 26.0 Å². The molecule has 7 heteroatoms. The van der Waals surface area contributed by atoms with Crippen molar-refractivity contribution < 1.29 is 18.7 Å². The van der Waals surface area contributed by atoms with Gasteiger partial charge >= 0.3 is 6.03 Å². The number of amides is 3. The molecule has 1 aromatic carbocycles. The van der Waals surface area contributed by atoms with Gasteiger partial charge in [0.05, 0.1) is 19.3 Å².